The molecule has 7 heteroatoms. The van der Waals surface area contributed by atoms with E-state index in [-0.39, 0.29) is 11.9 Å². The molecule has 1 aromatic carbocycles. The first-order valence-electron chi connectivity index (χ1n) is 6.33. The standard InChI is InChI=1S/C14H12FN3O3/c15-9-5-7(1-2-8(9)14(19)20)12-13(16)18-10(6-17-12)11-3-4-21-11/h1-2,5-6,11H,3-4H2,(H2,16,18)(H,19,20). The van der Waals surface area contributed by atoms with Crippen molar-refractivity contribution in [2.24, 2.45) is 0 Å². The molecule has 1 aliphatic rings. The van der Waals surface area contributed by atoms with Gasteiger partial charge in [0.05, 0.1) is 24.1 Å². The third kappa shape index (κ3) is 2.43. The van der Waals surface area contributed by atoms with E-state index in [0.717, 1.165) is 12.5 Å². The lowest BCUT2D eigenvalue weighted by Gasteiger charge is -2.25. The molecule has 1 unspecified atom stereocenters. The van der Waals surface area contributed by atoms with Crippen LogP contribution in [0.4, 0.5) is 10.2 Å². The van der Waals surface area contributed by atoms with Gasteiger partial charge in [0.25, 0.3) is 0 Å². The molecule has 21 heavy (non-hydrogen) atoms. The highest BCUT2D eigenvalue weighted by atomic mass is 19.1. The SMILES string of the molecule is Nc1nc(C2CCO2)cnc1-c1ccc(C(=O)O)c(F)c1. The van der Waals surface area contributed by atoms with Crippen LogP contribution in [0.2, 0.25) is 0 Å². The second kappa shape index (κ2) is 5.10. The van der Waals surface area contributed by atoms with Crippen molar-refractivity contribution in [3.05, 3.63) is 41.5 Å². The van der Waals surface area contributed by atoms with Crippen LogP contribution in [0, 0.1) is 5.82 Å². The van der Waals surface area contributed by atoms with E-state index in [9.17, 15) is 9.18 Å². The molecular formula is C14H12FN3O3. The number of aromatic nitrogens is 2. The Morgan fingerprint density at radius 1 is 1.48 bits per heavy atom. The number of carboxylic acids is 1. The maximum absolute atomic E-state index is 13.7. The van der Waals surface area contributed by atoms with Gasteiger partial charge in [0.1, 0.15) is 23.4 Å². The number of hydrogen-bond donors (Lipinski definition) is 2. The van der Waals surface area contributed by atoms with E-state index in [0.29, 0.717) is 23.6 Å². The molecule has 1 aliphatic heterocycles. The quantitative estimate of drug-likeness (QED) is 0.897. The highest BCUT2D eigenvalue weighted by Gasteiger charge is 2.23. The molecule has 3 N–H and O–H groups in total. The number of hydrogen-bond acceptors (Lipinski definition) is 5. The third-order valence-corrected chi connectivity index (χ3v) is 3.32. The van der Waals surface area contributed by atoms with Gasteiger partial charge in [-0.15, -0.1) is 0 Å². The fourth-order valence-corrected chi connectivity index (χ4v) is 2.10. The molecule has 6 nitrogen and oxygen atoms in total. The molecule has 1 saturated heterocycles. The van der Waals surface area contributed by atoms with E-state index in [1.54, 1.807) is 6.20 Å². The first kappa shape index (κ1) is 13.4. The molecule has 0 amide bonds. The summed E-state index contributed by atoms with van der Waals surface area (Å²) in [6.07, 6.45) is 2.33. The Morgan fingerprint density at radius 2 is 2.24 bits per heavy atom. The van der Waals surface area contributed by atoms with E-state index in [4.69, 9.17) is 15.6 Å². The van der Waals surface area contributed by atoms with Gasteiger partial charge in [0.15, 0.2) is 0 Å². The Hall–Kier alpha value is -2.54. The summed E-state index contributed by atoms with van der Waals surface area (Å²) in [5, 5.41) is 8.81. The molecule has 2 aromatic rings. The Kier molecular flexibility index (Phi) is 3.26. The van der Waals surface area contributed by atoms with E-state index < -0.39 is 17.3 Å². The lowest BCUT2D eigenvalue weighted by atomic mass is 10.1. The van der Waals surface area contributed by atoms with Crippen LogP contribution in [-0.2, 0) is 4.74 Å². The minimum Gasteiger partial charge on any atom is -0.478 e. The molecule has 0 aliphatic carbocycles. The second-order valence-electron chi connectivity index (χ2n) is 4.68. The number of aromatic carboxylic acids is 1. The van der Waals surface area contributed by atoms with Gasteiger partial charge in [-0.05, 0) is 12.1 Å². The molecule has 0 bridgehead atoms. The predicted octanol–water partition coefficient (Wildman–Crippen LogP) is 2.02. The van der Waals surface area contributed by atoms with Gasteiger partial charge in [-0.2, -0.15) is 0 Å². The Bertz CT molecular complexity index is 717. The summed E-state index contributed by atoms with van der Waals surface area (Å²) in [5.74, 6) is -2.01. The van der Waals surface area contributed by atoms with Gasteiger partial charge in [-0.3, -0.25) is 4.98 Å². The fourth-order valence-electron chi connectivity index (χ4n) is 2.10. The van der Waals surface area contributed by atoms with Gasteiger partial charge in [-0.25, -0.2) is 14.2 Å². The van der Waals surface area contributed by atoms with Crippen LogP contribution in [0.1, 0.15) is 28.6 Å². The molecule has 1 fully saturated rings. The van der Waals surface area contributed by atoms with Gasteiger partial charge in [0, 0.05) is 12.0 Å². The first-order chi connectivity index (χ1) is 10.1. The number of nitrogens with two attached hydrogens (primary N) is 1. The molecule has 0 spiro atoms. The topological polar surface area (TPSA) is 98.3 Å². The summed E-state index contributed by atoms with van der Waals surface area (Å²) in [7, 11) is 0. The van der Waals surface area contributed by atoms with Crippen LogP contribution in [0.3, 0.4) is 0 Å². The van der Waals surface area contributed by atoms with Crippen molar-refractivity contribution in [1.82, 2.24) is 9.97 Å². The average Bonchev–Trinajstić information content (AvgIpc) is 2.36. The van der Waals surface area contributed by atoms with E-state index >= 15 is 0 Å². The van der Waals surface area contributed by atoms with Crippen molar-refractivity contribution >= 4 is 11.8 Å². The number of carbonyl (C=O) groups is 1. The van der Waals surface area contributed by atoms with Crippen molar-refractivity contribution < 1.29 is 19.0 Å². The summed E-state index contributed by atoms with van der Waals surface area (Å²) in [5.41, 5.74) is 6.79. The predicted molar refractivity (Wildman–Crippen MR) is 72.1 cm³/mol. The van der Waals surface area contributed by atoms with Crippen LogP contribution in [0.25, 0.3) is 11.3 Å². The molecule has 2 heterocycles. The van der Waals surface area contributed by atoms with Crippen molar-refractivity contribution in [2.45, 2.75) is 12.5 Å². The molecular weight excluding hydrogens is 277 g/mol. The number of rotatable bonds is 3. The lowest BCUT2D eigenvalue weighted by Crippen LogP contribution is -2.20. The maximum atomic E-state index is 13.7. The first-order valence-corrected chi connectivity index (χ1v) is 6.33. The highest BCUT2D eigenvalue weighted by Crippen LogP contribution is 2.30. The molecule has 3 rings (SSSR count). The molecule has 0 radical (unpaired) electrons. The number of benzene rings is 1. The smallest absolute Gasteiger partial charge is 0.338 e. The van der Waals surface area contributed by atoms with Crippen molar-refractivity contribution in [2.75, 3.05) is 12.3 Å². The molecule has 0 saturated carbocycles. The average molecular weight is 289 g/mol. The van der Waals surface area contributed by atoms with E-state index in [1.165, 1.54) is 12.1 Å². The largest absolute Gasteiger partial charge is 0.478 e. The second-order valence-corrected chi connectivity index (χ2v) is 4.68. The molecule has 108 valence electrons. The number of halogens is 1. The number of ether oxygens (including phenoxy) is 1. The number of carboxylic acid groups (broad SMARTS) is 1. The summed E-state index contributed by atoms with van der Waals surface area (Å²) >= 11 is 0. The Balaban J connectivity index is 1.96. The van der Waals surface area contributed by atoms with Crippen LogP contribution in [-0.4, -0.2) is 27.7 Å². The zero-order valence-corrected chi connectivity index (χ0v) is 10.9. The van der Waals surface area contributed by atoms with Crippen LogP contribution < -0.4 is 5.73 Å². The van der Waals surface area contributed by atoms with Gasteiger partial charge >= 0.3 is 5.97 Å². The Morgan fingerprint density at radius 3 is 2.76 bits per heavy atom. The number of nitrogens with zero attached hydrogens (tertiary/aromatic N) is 2. The zero-order valence-electron chi connectivity index (χ0n) is 10.9. The number of anilines is 1. The van der Waals surface area contributed by atoms with Crippen LogP contribution in [0.15, 0.2) is 24.4 Å². The summed E-state index contributed by atoms with van der Waals surface area (Å²) < 4.78 is 19.0. The fraction of sp³-hybridized carbons (Fsp3) is 0.214. The van der Waals surface area contributed by atoms with E-state index in [1.807, 2.05) is 0 Å². The van der Waals surface area contributed by atoms with E-state index in [2.05, 4.69) is 9.97 Å². The van der Waals surface area contributed by atoms with Crippen LogP contribution in [0.5, 0.6) is 0 Å². The van der Waals surface area contributed by atoms with Gasteiger partial charge < -0.3 is 15.6 Å². The zero-order chi connectivity index (χ0) is 15.0. The normalized spacial score (nSPS) is 17.3. The molecule has 1 aromatic heterocycles. The van der Waals surface area contributed by atoms with Gasteiger partial charge in [0.2, 0.25) is 0 Å². The maximum Gasteiger partial charge on any atom is 0.338 e. The van der Waals surface area contributed by atoms with Crippen molar-refractivity contribution in [3.63, 3.8) is 0 Å². The summed E-state index contributed by atoms with van der Waals surface area (Å²) in [6, 6.07) is 3.72. The van der Waals surface area contributed by atoms with Gasteiger partial charge in [-0.1, -0.05) is 6.07 Å². The van der Waals surface area contributed by atoms with Crippen LogP contribution >= 0.6 is 0 Å². The number of nitrogen functional groups attached to an aromatic ring is 1. The Labute approximate surface area is 119 Å². The lowest BCUT2D eigenvalue weighted by molar-refractivity contribution is -0.0553. The minimum absolute atomic E-state index is 0.0834. The van der Waals surface area contributed by atoms with Crippen molar-refractivity contribution in [1.29, 1.82) is 0 Å². The minimum atomic E-state index is -1.32. The molecule has 1 atom stereocenters. The summed E-state index contributed by atoms with van der Waals surface area (Å²) in [6.45, 7) is 0.690. The highest BCUT2D eigenvalue weighted by molar-refractivity contribution is 5.88. The summed E-state index contributed by atoms with van der Waals surface area (Å²) in [4.78, 5) is 19.2. The van der Waals surface area contributed by atoms with Crippen molar-refractivity contribution in [3.8, 4) is 11.3 Å². The monoisotopic (exact) mass is 289 g/mol. The third-order valence-electron chi connectivity index (χ3n) is 3.32.